The molecule has 0 spiro atoms. The van der Waals surface area contributed by atoms with Gasteiger partial charge in [0.2, 0.25) is 3.79 Å². The first-order valence-corrected chi connectivity index (χ1v) is 4.15. The van der Waals surface area contributed by atoms with Crippen molar-refractivity contribution in [3.05, 3.63) is 0 Å². The molecule has 0 saturated carbocycles. The molecule has 1 aliphatic heterocycles. The van der Waals surface area contributed by atoms with Gasteiger partial charge in [0.1, 0.15) is 6.34 Å². The van der Waals surface area contributed by atoms with Crippen LogP contribution in [0.15, 0.2) is 5.10 Å². The van der Waals surface area contributed by atoms with Crippen LogP contribution in [0.25, 0.3) is 0 Å². The summed E-state index contributed by atoms with van der Waals surface area (Å²) in [6, 6.07) is 0. The second-order valence-electron chi connectivity index (χ2n) is 1.66. The van der Waals surface area contributed by atoms with Crippen molar-refractivity contribution in [1.29, 1.82) is 0 Å². The number of hydrazone groups is 1. The predicted molar refractivity (Wildman–Crippen MR) is 46.5 cm³/mol. The number of alkyl halides is 3. The van der Waals surface area contributed by atoms with E-state index in [9.17, 15) is 0 Å². The Hall–Kier alpha value is 0.620. The molecule has 10 heavy (non-hydrogen) atoms. The Balaban J connectivity index is 2.60. The number of hydrogen-bond acceptors (Lipinski definition) is 3. The molecule has 0 saturated heterocycles. The number of rotatable bonds is 0. The summed E-state index contributed by atoms with van der Waals surface area (Å²) in [4.78, 5) is 0. The summed E-state index contributed by atoms with van der Waals surface area (Å²) in [5.41, 5.74) is 2.60. The summed E-state index contributed by atoms with van der Waals surface area (Å²) >= 11 is 19.8. The van der Waals surface area contributed by atoms with Crippen LogP contribution in [-0.2, 0) is 0 Å². The number of nitrogens with one attached hydrogen (secondary N) is 1. The van der Waals surface area contributed by atoms with Gasteiger partial charge in [0, 0.05) is 0 Å². The highest BCUT2D eigenvalue weighted by molar-refractivity contribution is 9.07. The van der Waals surface area contributed by atoms with Crippen molar-refractivity contribution in [2.45, 2.75) is 9.96 Å². The van der Waals surface area contributed by atoms with Crippen molar-refractivity contribution in [1.82, 2.24) is 9.35 Å². The molecule has 7 heteroatoms. The van der Waals surface area contributed by atoms with E-state index in [1.807, 2.05) is 0 Å². The van der Waals surface area contributed by atoms with Crippen LogP contribution in [-0.4, -0.2) is 20.2 Å². The molecule has 1 unspecified atom stereocenters. The number of hydrogen-bond donors (Lipinski definition) is 1. The fourth-order valence-electron chi connectivity index (χ4n) is 0.494. The lowest BCUT2D eigenvalue weighted by Crippen LogP contribution is -2.42. The minimum Gasteiger partial charge on any atom is -0.281 e. The molecule has 0 aliphatic carbocycles. The zero-order chi connectivity index (χ0) is 7.78. The maximum atomic E-state index is 5.55. The molecular weight excluding hydrogens is 264 g/mol. The Morgan fingerprint density at radius 1 is 1.60 bits per heavy atom. The molecule has 0 fully saturated rings. The SMILES string of the molecule is ClC(Cl)(Cl)C1NN=CN1Br. The third-order valence-electron chi connectivity index (χ3n) is 0.922. The van der Waals surface area contributed by atoms with E-state index >= 15 is 0 Å². The van der Waals surface area contributed by atoms with Crippen molar-refractivity contribution >= 4 is 57.3 Å². The predicted octanol–water partition coefficient (Wildman–Crippen LogP) is 1.84. The van der Waals surface area contributed by atoms with Gasteiger partial charge >= 0.3 is 0 Å². The minimum absolute atomic E-state index is 0.447. The highest BCUT2D eigenvalue weighted by Gasteiger charge is 2.38. The summed E-state index contributed by atoms with van der Waals surface area (Å²) < 4.78 is 0.111. The van der Waals surface area contributed by atoms with Gasteiger partial charge in [0.15, 0.2) is 6.17 Å². The normalized spacial score (nSPS) is 25.2. The molecule has 0 aromatic carbocycles. The highest BCUT2D eigenvalue weighted by Crippen LogP contribution is 2.33. The van der Waals surface area contributed by atoms with Gasteiger partial charge in [-0.2, -0.15) is 5.10 Å². The topological polar surface area (TPSA) is 27.6 Å². The molecule has 1 heterocycles. The summed E-state index contributed by atoms with van der Waals surface area (Å²) in [7, 11) is 0. The fourth-order valence-corrected chi connectivity index (χ4v) is 1.80. The molecule has 1 atom stereocenters. The standard InChI is InChI=1S/C3H3BrCl3N3/c4-10-1-8-9-2(10)3(5,6)7/h1-2,9H. The third kappa shape index (κ3) is 1.81. The highest BCUT2D eigenvalue weighted by atomic mass is 79.9. The molecule has 58 valence electrons. The van der Waals surface area contributed by atoms with Crippen LogP contribution in [0.2, 0.25) is 0 Å². The Morgan fingerprint density at radius 2 is 2.20 bits per heavy atom. The smallest absolute Gasteiger partial charge is 0.230 e. The van der Waals surface area contributed by atoms with E-state index in [1.54, 1.807) is 0 Å². The molecule has 1 N–H and O–H groups in total. The van der Waals surface area contributed by atoms with Gasteiger partial charge in [-0.1, -0.05) is 34.8 Å². The van der Waals surface area contributed by atoms with Crippen molar-refractivity contribution in [3.8, 4) is 0 Å². The molecule has 0 amide bonds. The molecular formula is C3H3BrCl3N3. The van der Waals surface area contributed by atoms with E-state index in [1.165, 1.54) is 10.3 Å². The average Bonchev–Trinajstić information content (AvgIpc) is 2.11. The Bertz CT molecular complexity index is 156. The van der Waals surface area contributed by atoms with Crippen molar-refractivity contribution in [2.75, 3.05) is 0 Å². The van der Waals surface area contributed by atoms with Crippen LogP contribution in [0.1, 0.15) is 0 Å². The third-order valence-corrected chi connectivity index (χ3v) is 2.13. The van der Waals surface area contributed by atoms with E-state index in [2.05, 4.69) is 26.7 Å². The van der Waals surface area contributed by atoms with E-state index in [0.29, 0.717) is 0 Å². The molecule has 1 aliphatic rings. The Kier molecular flexibility index (Phi) is 2.55. The van der Waals surface area contributed by atoms with Crippen LogP contribution in [0, 0.1) is 0 Å². The number of halogens is 4. The zero-order valence-electron chi connectivity index (χ0n) is 4.56. The van der Waals surface area contributed by atoms with Crippen molar-refractivity contribution in [2.24, 2.45) is 5.10 Å². The molecule has 0 bridgehead atoms. The maximum Gasteiger partial charge on any atom is 0.230 e. The van der Waals surface area contributed by atoms with Crippen molar-refractivity contribution in [3.63, 3.8) is 0 Å². The average molecular weight is 267 g/mol. The lowest BCUT2D eigenvalue weighted by Gasteiger charge is -2.23. The molecule has 1 rings (SSSR count). The van der Waals surface area contributed by atoms with Crippen LogP contribution in [0.3, 0.4) is 0 Å². The van der Waals surface area contributed by atoms with Crippen LogP contribution in [0.5, 0.6) is 0 Å². The zero-order valence-corrected chi connectivity index (χ0v) is 8.41. The van der Waals surface area contributed by atoms with Crippen LogP contribution in [0.4, 0.5) is 0 Å². The first-order chi connectivity index (χ1) is 4.52. The summed E-state index contributed by atoms with van der Waals surface area (Å²) in [6.45, 7) is 0. The Labute approximate surface area is 81.6 Å². The first kappa shape index (κ1) is 8.71. The van der Waals surface area contributed by atoms with Gasteiger partial charge in [0.05, 0.1) is 16.1 Å². The molecule has 0 radical (unpaired) electrons. The maximum absolute atomic E-state index is 5.55. The van der Waals surface area contributed by atoms with Crippen molar-refractivity contribution < 1.29 is 0 Å². The Morgan fingerprint density at radius 3 is 2.40 bits per heavy atom. The molecule has 3 nitrogen and oxygen atoms in total. The van der Waals surface area contributed by atoms with Gasteiger partial charge < -0.3 is 0 Å². The lowest BCUT2D eigenvalue weighted by atomic mass is 10.6. The lowest BCUT2D eigenvalue weighted by molar-refractivity contribution is 0.459. The van der Waals surface area contributed by atoms with Crippen LogP contribution < -0.4 is 5.43 Å². The van der Waals surface area contributed by atoms with E-state index < -0.39 is 9.96 Å². The van der Waals surface area contributed by atoms with E-state index in [0.717, 1.165) is 0 Å². The largest absolute Gasteiger partial charge is 0.281 e. The second-order valence-corrected chi connectivity index (χ2v) is 4.85. The van der Waals surface area contributed by atoms with Gasteiger partial charge in [-0.25, -0.2) is 0 Å². The van der Waals surface area contributed by atoms with Gasteiger partial charge in [-0.3, -0.25) is 9.35 Å². The summed E-state index contributed by atoms with van der Waals surface area (Å²) in [6.07, 6.45) is 1.03. The monoisotopic (exact) mass is 265 g/mol. The fraction of sp³-hybridized carbons (Fsp3) is 0.667. The van der Waals surface area contributed by atoms with E-state index in [-0.39, 0.29) is 0 Å². The molecule has 0 aromatic rings. The van der Waals surface area contributed by atoms with Gasteiger partial charge in [0.25, 0.3) is 0 Å². The quantitative estimate of drug-likeness (QED) is 0.536. The number of nitrogens with zero attached hydrogens (tertiary/aromatic N) is 2. The summed E-state index contributed by atoms with van der Waals surface area (Å²) in [5.74, 6) is 0. The molecule has 0 aromatic heterocycles. The minimum atomic E-state index is -1.39. The van der Waals surface area contributed by atoms with Gasteiger partial charge in [-0.05, 0) is 0 Å². The van der Waals surface area contributed by atoms with Crippen LogP contribution >= 0.6 is 51.0 Å². The summed E-state index contributed by atoms with van der Waals surface area (Å²) in [5, 5.41) is 3.66. The first-order valence-electron chi connectivity index (χ1n) is 2.31. The van der Waals surface area contributed by atoms with Gasteiger partial charge in [-0.15, -0.1) is 0 Å². The second kappa shape index (κ2) is 2.93. The van der Waals surface area contributed by atoms with E-state index in [4.69, 9.17) is 34.8 Å².